The van der Waals surface area contributed by atoms with Gasteiger partial charge in [0.25, 0.3) is 0 Å². The van der Waals surface area contributed by atoms with Crippen molar-refractivity contribution in [2.24, 2.45) is 0 Å². The maximum absolute atomic E-state index is 5.32. The Balaban J connectivity index is 1.71. The van der Waals surface area contributed by atoms with E-state index in [-0.39, 0.29) is 0 Å². The van der Waals surface area contributed by atoms with Crippen molar-refractivity contribution in [1.82, 2.24) is 25.1 Å². The fraction of sp³-hybridized carbons (Fsp3) is 0.353. The predicted octanol–water partition coefficient (Wildman–Crippen LogP) is 1.78. The summed E-state index contributed by atoms with van der Waals surface area (Å²) in [6.45, 7) is 4.04. The predicted molar refractivity (Wildman–Crippen MR) is 93.4 cm³/mol. The number of benzene rings is 1. The van der Waals surface area contributed by atoms with E-state index in [2.05, 4.69) is 37.0 Å². The number of hydrogen-bond donors (Lipinski definition) is 1. The van der Waals surface area contributed by atoms with Crippen LogP contribution in [0.4, 0.5) is 5.82 Å². The number of hydrogen-bond acceptors (Lipinski definition) is 6. The molecule has 4 rings (SSSR count). The molecular formula is C17H20N6O. The number of nitrogens with one attached hydrogen (secondary N) is 1. The summed E-state index contributed by atoms with van der Waals surface area (Å²) < 4.78 is 5.32. The van der Waals surface area contributed by atoms with Crippen LogP contribution in [0, 0.1) is 0 Å². The smallest absolute Gasteiger partial charge is 0.132 e. The van der Waals surface area contributed by atoms with Gasteiger partial charge in [0.05, 0.1) is 18.3 Å². The molecule has 1 N–H and O–H groups in total. The second-order valence-electron chi connectivity index (χ2n) is 6.04. The molecule has 1 saturated heterocycles. The Kier molecular flexibility index (Phi) is 3.78. The van der Waals surface area contributed by atoms with Gasteiger partial charge in [-0.2, -0.15) is 5.10 Å². The minimum atomic E-state index is 0.804. The zero-order valence-electron chi connectivity index (χ0n) is 13.9. The molecule has 0 saturated carbocycles. The Morgan fingerprint density at radius 2 is 1.92 bits per heavy atom. The van der Waals surface area contributed by atoms with Gasteiger partial charge in [-0.25, -0.2) is 9.97 Å². The molecule has 3 heterocycles. The van der Waals surface area contributed by atoms with Gasteiger partial charge in [-0.15, -0.1) is 0 Å². The van der Waals surface area contributed by atoms with E-state index in [1.165, 1.54) is 0 Å². The highest BCUT2D eigenvalue weighted by molar-refractivity contribution is 5.93. The second kappa shape index (κ2) is 6.09. The molecule has 2 aromatic heterocycles. The van der Waals surface area contributed by atoms with Crippen LogP contribution in [0.15, 0.2) is 30.6 Å². The summed E-state index contributed by atoms with van der Waals surface area (Å²) in [4.78, 5) is 13.5. The SMILES string of the molecule is COc1ccc2[nH]nc(-c3cc(N4CCN(C)CC4)ncn3)c2c1. The lowest BCUT2D eigenvalue weighted by atomic mass is 10.1. The topological polar surface area (TPSA) is 70.2 Å². The first-order valence-electron chi connectivity index (χ1n) is 8.02. The van der Waals surface area contributed by atoms with E-state index in [0.29, 0.717) is 0 Å². The standard InChI is InChI=1S/C17H20N6O/c1-22-5-7-23(8-6-22)16-10-15(18-11-19-16)17-13-9-12(24-2)3-4-14(13)20-21-17/h3-4,9-11H,5-8H2,1-2H3,(H,20,21). The van der Waals surface area contributed by atoms with Crippen molar-refractivity contribution in [3.8, 4) is 17.1 Å². The molecule has 0 spiro atoms. The van der Waals surface area contributed by atoms with Gasteiger partial charge in [-0.05, 0) is 25.2 Å². The summed E-state index contributed by atoms with van der Waals surface area (Å²) >= 11 is 0. The average Bonchev–Trinajstić information content (AvgIpc) is 3.05. The van der Waals surface area contributed by atoms with E-state index in [1.54, 1.807) is 13.4 Å². The summed E-state index contributed by atoms with van der Waals surface area (Å²) in [6, 6.07) is 7.87. The number of nitrogens with zero attached hydrogens (tertiary/aromatic N) is 5. The van der Waals surface area contributed by atoms with Crippen molar-refractivity contribution in [1.29, 1.82) is 0 Å². The van der Waals surface area contributed by atoms with Crippen LogP contribution < -0.4 is 9.64 Å². The number of anilines is 1. The van der Waals surface area contributed by atoms with Crippen molar-refractivity contribution < 1.29 is 4.74 Å². The third-order valence-corrected chi connectivity index (χ3v) is 4.49. The first-order chi connectivity index (χ1) is 11.7. The lowest BCUT2D eigenvalue weighted by Gasteiger charge is -2.33. The number of likely N-dealkylation sites (N-methyl/N-ethyl adjacent to an activating group) is 1. The van der Waals surface area contributed by atoms with Crippen molar-refractivity contribution >= 4 is 16.7 Å². The lowest BCUT2D eigenvalue weighted by molar-refractivity contribution is 0.312. The van der Waals surface area contributed by atoms with Gasteiger partial charge in [0.2, 0.25) is 0 Å². The summed E-state index contributed by atoms with van der Waals surface area (Å²) in [6.07, 6.45) is 1.61. The summed E-state index contributed by atoms with van der Waals surface area (Å²) in [5.74, 6) is 1.76. The molecule has 1 fully saturated rings. The van der Waals surface area contributed by atoms with Gasteiger partial charge in [0, 0.05) is 37.6 Å². The molecule has 1 aliphatic heterocycles. The third-order valence-electron chi connectivity index (χ3n) is 4.49. The molecule has 0 atom stereocenters. The van der Waals surface area contributed by atoms with Crippen LogP contribution >= 0.6 is 0 Å². The molecule has 0 amide bonds. The molecule has 0 unspecified atom stereocenters. The zero-order chi connectivity index (χ0) is 16.5. The highest BCUT2D eigenvalue weighted by Crippen LogP contribution is 2.29. The number of methoxy groups -OCH3 is 1. The maximum Gasteiger partial charge on any atom is 0.132 e. The summed E-state index contributed by atoms with van der Waals surface area (Å²) in [7, 11) is 3.81. The average molecular weight is 324 g/mol. The first kappa shape index (κ1) is 14.9. The van der Waals surface area contributed by atoms with E-state index in [1.807, 2.05) is 24.3 Å². The van der Waals surface area contributed by atoms with Crippen molar-refractivity contribution in [2.75, 3.05) is 45.2 Å². The Labute approximate surface area is 140 Å². The van der Waals surface area contributed by atoms with Gasteiger partial charge >= 0.3 is 0 Å². The Morgan fingerprint density at radius 3 is 2.71 bits per heavy atom. The summed E-state index contributed by atoms with van der Waals surface area (Å²) in [5.41, 5.74) is 2.60. The van der Waals surface area contributed by atoms with E-state index in [4.69, 9.17) is 4.74 Å². The fourth-order valence-corrected chi connectivity index (χ4v) is 3.00. The number of H-pyrrole nitrogens is 1. The first-order valence-corrected chi connectivity index (χ1v) is 8.02. The molecule has 24 heavy (non-hydrogen) atoms. The number of piperazine rings is 1. The van der Waals surface area contributed by atoms with Crippen molar-refractivity contribution in [2.45, 2.75) is 0 Å². The zero-order valence-corrected chi connectivity index (χ0v) is 13.9. The monoisotopic (exact) mass is 324 g/mol. The highest BCUT2D eigenvalue weighted by Gasteiger charge is 2.17. The molecule has 0 aliphatic carbocycles. The highest BCUT2D eigenvalue weighted by atomic mass is 16.5. The quantitative estimate of drug-likeness (QED) is 0.792. The van der Waals surface area contributed by atoms with Crippen LogP contribution in [0.2, 0.25) is 0 Å². The molecule has 0 bridgehead atoms. The Hall–Kier alpha value is -2.67. The fourth-order valence-electron chi connectivity index (χ4n) is 3.00. The van der Waals surface area contributed by atoms with Gasteiger partial charge in [-0.1, -0.05) is 0 Å². The van der Waals surface area contributed by atoms with Crippen LogP contribution in [-0.2, 0) is 0 Å². The van der Waals surface area contributed by atoms with Crippen molar-refractivity contribution in [3.05, 3.63) is 30.6 Å². The number of aromatic nitrogens is 4. The van der Waals surface area contributed by atoms with E-state index in [9.17, 15) is 0 Å². The van der Waals surface area contributed by atoms with Crippen LogP contribution in [0.1, 0.15) is 0 Å². The molecule has 0 radical (unpaired) electrons. The molecule has 1 aliphatic rings. The number of aromatic amines is 1. The Morgan fingerprint density at radius 1 is 1.08 bits per heavy atom. The third kappa shape index (κ3) is 2.67. The molecule has 7 nitrogen and oxygen atoms in total. The maximum atomic E-state index is 5.32. The van der Waals surface area contributed by atoms with Crippen LogP contribution in [0.3, 0.4) is 0 Å². The van der Waals surface area contributed by atoms with E-state index < -0.39 is 0 Å². The van der Waals surface area contributed by atoms with Gasteiger partial charge in [0.1, 0.15) is 23.6 Å². The van der Waals surface area contributed by atoms with Gasteiger partial charge in [-0.3, -0.25) is 5.10 Å². The molecule has 124 valence electrons. The summed E-state index contributed by atoms with van der Waals surface area (Å²) in [5, 5.41) is 8.50. The Bertz CT molecular complexity index is 853. The largest absolute Gasteiger partial charge is 0.497 e. The minimum Gasteiger partial charge on any atom is -0.497 e. The van der Waals surface area contributed by atoms with E-state index >= 15 is 0 Å². The van der Waals surface area contributed by atoms with Crippen molar-refractivity contribution in [3.63, 3.8) is 0 Å². The lowest BCUT2D eigenvalue weighted by Crippen LogP contribution is -2.44. The van der Waals surface area contributed by atoms with Crippen LogP contribution in [-0.4, -0.2) is 65.4 Å². The molecule has 1 aromatic carbocycles. The molecule has 7 heteroatoms. The number of fused-ring (bicyclic) bond motifs is 1. The van der Waals surface area contributed by atoms with Crippen LogP contribution in [0.25, 0.3) is 22.3 Å². The molecule has 3 aromatic rings. The number of ether oxygens (including phenoxy) is 1. The second-order valence-corrected chi connectivity index (χ2v) is 6.04. The minimum absolute atomic E-state index is 0.804. The number of rotatable bonds is 3. The van der Waals surface area contributed by atoms with Crippen LogP contribution in [0.5, 0.6) is 5.75 Å². The van der Waals surface area contributed by atoms with Gasteiger partial charge in [0.15, 0.2) is 0 Å². The van der Waals surface area contributed by atoms with E-state index in [0.717, 1.165) is 60.0 Å². The normalized spacial score (nSPS) is 15.8. The van der Waals surface area contributed by atoms with Gasteiger partial charge < -0.3 is 14.5 Å². The molecular weight excluding hydrogens is 304 g/mol.